The van der Waals surface area contributed by atoms with Crippen LogP contribution in [0.25, 0.3) is 0 Å². The second kappa shape index (κ2) is 7.22. The molecule has 19 heavy (non-hydrogen) atoms. The van der Waals surface area contributed by atoms with Crippen molar-refractivity contribution in [2.75, 3.05) is 20.3 Å². The summed E-state index contributed by atoms with van der Waals surface area (Å²) in [5.41, 5.74) is -0.0535. The summed E-state index contributed by atoms with van der Waals surface area (Å²) in [5.74, 6) is -1.16. The molecule has 0 aliphatic heterocycles. The van der Waals surface area contributed by atoms with Gasteiger partial charge in [-0.15, -0.1) is 0 Å². The Morgan fingerprint density at radius 2 is 2.11 bits per heavy atom. The quantitative estimate of drug-likeness (QED) is 0.698. The zero-order valence-electron chi connectivity index (χ0n) is 10.6. The van der Waals surface area contributed by atoms with Crippen LogP contribution in [0.4, 0.5) is 0 Å². The molecule has 1 rings (SSSR count). The van der Waals surface area contributed by atoms with E-state index in [2.05, 4.69) is 4.72 Å². The number of rotatable bonds is 8. The molecule has 2 N–H and O–H groups in total. The fourth-order valence-corrected chi connectivity index (χ4v) is 2.58. The van der Waals surface area contributed by atoms with Gasteiger partial charge in [0.2, 0.25) is 10.0 Å². The van der Waals surface area contributed by atoms with Crippen LogP contribution < -0.4 is 4.72 Å². The smallest absolute Gasteiger partial charge is 0.335 e. The van der Waals surface area contributed by atoms with E-state index in [0.29, 0.717) is 19.6 Å². The average molecular weight is 287 g/mol. The Morgan fingerprint density at radius 1 is 1.37 bits per heavy atom. The highest BCUT2D eigenvalue weighted by Gasteiger charge is 2.15. The lowest BCUT2D eigenvalue weighted by molar-refractivity contribution is 0.0696. The third-order valence-corrected chi connectivity index (χ3v) is 3.92. The minimum Gasteiger partial charge on any atom is -0.478 e. The third kappa shape index (κ3) is 4.98. The molecule has 1 aromatic rings. The Bertz CT molecular complexity index is 527. The van der Waals surface area contributed by atoms with E-state index in [9.17, 15) is 13.2 Å². The van der Waals surface area contributed by atoms with E-state index in [0.717, 1.165) is 12.5 Å². The van der Waals surface area contributed by atoms with E-state index in [1.165, 1.54) is 18.2 Å². The Morgan fingerprint density at radius 3 is 2.74 bits per heavy atom. The van der Waals surface area contributed by atoms with Gasteiger partial charge in [0.05, 0.1) is 10.5 Å². The molecular formula is C12H17NO5S. The Labute approximate surface area is 112 Å². The second-order valence-electron chi connectivity index (χ2n) is 3.93. The van der Waals surface area contributed by atoms with Crippen molar-refractivity contribution in [2.24, 2.45) is 0 Å². The van der Waals surface area contributed by atoms with Crippen molar-refractivity contribution >= 4 is 16.0 Å². The molecule has 0 amide bonds. The number of unbranched alkanes of at least 4 members (excludes halogenated alkanes) is 1. The molecule has 106 valence electrons. The van der Waals surface area contributed by atoms with Gasteiger partial charge in [0.25, 0.3) is 0 Å². The number of carboxylic acids is 1. The molecule has 0 atom stereocenters. The number of carboxylic acid groups (broad SMARTS) is 1. The number of sulfonamides is 1. The second-order valence-corrected chi connectivity index (χ2v) is 5.70. The van der Waals surface area contributed by atoms with Gasteiger partial charge in [0.1, 0.15) is 0 Å². The maximum atomic E-state index is 11.9. The molecule has 0 unspecified atom stereocenters. The molecule has 0 saturated heterocycles. The summed E-state index contributed by atoms with van der Waals surface area (Å²) in [5, 5.41) is 8.82. The van der Waals surface area contributed by atoms with Crippen LogP contribution in [0, 0.1) is 0 Å². The molecule has 1 aromatic carbocycles. The van der Waals surface area contributed by atoms with Gasteiger partial charge >= 0.3 is 5.97 Å². The van der Waals surface area contributed by atoms with Crippen molar-refractivity contribution in [1.82, 2.24) is 4.72 Å². The standard InChI is InChI=1S/C12H17NO5S/c1-18-8-3-2-7-13-19(16,17)11-6-4-5-10(9-11)12(14)15/h4-6,9,13H,2-3,7-8H2,1H3,(H,14,15). The van der Waals surface area contributed by atoms with Gasteiger partial charge in [-0.3, -0.25) is 0 Å². The molecule has 0 saturated carbocycles. The summed E-state index contributed by atoms with van der Waals surface area (Å²) in [6.07, 6.45) is 1.42. The summed E-state index contributed by atoms with van der Waals surface area (Å²) in [4.78, 5) is 10.7. The summed E-state index contributed by atoms with van der Waals surface area (Å²) in [6.45, 7) is 0.874. The number of methoxy groups -OCH3 is 1. The molecule has 6 nitrogen and oxygen atoms in total. The number of hydrogen-bond acceptors (Lipinski definition) is 4. The van der Waals surface area contributed by atoms with E-state index in [1.54, 1.807) is 7.11 Å². The fourth-order valence-electron chi connectivity index (χ4n) is 1.46. The molecule has 0 heterocycles. The summed E-state index contributed by atoms with van der Waals surface area (Å²) < 4.78 is 31.1. The first-order valence-electron chi connectivity index (χ1n) is 5.79. The van der Waals surface area contributed by atoms with Crippen molar-refractivity contribution in [3.05, 3.63) is 29.8 Å². The number of nitrogens with one attached hydrogen (secondary N) is 1. The topological polar surface area (TPSA) is 92.7 Å². The van der Waals surface area contributed by atoms with Crippen LogP contribution in [0.15, 0.2) is 29.2 Å². The minimum absolute atomic E-state index is 0.0425. The molecule has 7 heteroatoms. The average Bonchev–Trinajstić information content (AvgIpc) is 2.38. The van der Waals surface area contributed by atoms with Gasteiger partial charge in [-0.1, -0.05) is 6.07 Å². The first-order chi connectivity index (χ1) is 8.97. The predicted molar refractivity (Wildman–Crippen MR) is 69.7 cm³/mol. The van der Waals surface area contributed by atoms with Gasteiger partial charge in [0.15, 0.2) is 0 Å². The van der Waals surface area contributed by atoms with Crippen molar-refractivity contribution in [1.29, 1.82) is 0 Å². The van der Waals surface area contributed by atoms with Crippen LogP contribution in [0.1, 0.15) is 23.2 Å². The summed E-state index contributed by atoms with van der Waals surface area (Å²) >= 11 is 0. The first kappa shape index (κ1) is 15.6. The molecule has 0 aliphatic carbocycles. The first-order valence-corrected chi connectivity index (χ1v) is 7.27. The number of carbonyl (C=O) groups is 1. The zero-order valence-corrected chi connectivity index (χ0v) is 11.4. The van der Waals surface area contributed by atoms with Crippen molar-refractivity contribution in [3.8, 4) is 0 Å². The zero-order chi connectivity index (χ0) is 14.3. The van der Waals surface area contributed by atoms with Crippen LogP contribution in [-0.4, -0.2) is 39.8 Å². The number of hydrogen-bond donors (Lipinski definition) is 2. The fraction of sp³-hybridized carbons (Fsp3) is 0.417. The van der Waals surface area contributed by atoms with Crippen molar-refractivity contribution < 1.29 is 23.1 Å². The van der Waals surface area contributed by atoms with E-state index >= 15 is 0 Å². The van der Waals surface area contributed by atoms with Gasteiger partial charge in [-0.25, -0.2) is 17.9 Å². The lowest BCUT2D eigenvalue weighted by Gasteiger charge is -2.07. The van der Waals surface area contributed by atoms with Crippen LogP contribution in [-0.2, 0) is 14.8 Å². The SMILES string of the molecule is COCCCCNS(=O)(=O)c1cccc(C(=O)O)c1. The van der Waals surface area contributed by atoms with E-state index < -0.39 is 16.0 Å². The monoisotopic (exact) mass is 287 g/mol. The normalized spacial score (nSPS) is 11.4. The van der Waals surface area contributed by atoms with Gasteiger partial charge in [-0.05, 0) is 31.0 Å². The summed E-state index contributed by atoms with van der Waals surface area (Å²) in [6, 6.07) is 5.26. The maximum Gasteiger partial charge on any atom is 0.335 e. The Hall–Kier alpha value is -1.44. The van der Waals surface area contributed by atoms with Crippen LogP contribution >= 0.6 is 0 Å². The predicted octanol–water partition coefficient (Wildman–Crippen LogP) is 1.09. The van der Waals surface area contributed by atoms with Gasteiger partial charge < -0.3 is 9.84 Å². The van der Waals surface area contributed by atoms with Crippen LogP contribution in [0.2, 0.25) is 0 Å². The van der Waals surface area contributed by atoms with E-state index in [-0.39, 0.29) is 10.5 Å². The lowest BCUT2D eigenvalue weighted by Crippen LogP contribution is -2.25. The highest BCUT2D eigenvalue weighted by atomic mass is 32.2. The van der Waals surface area contributed by atoms with Crippen molar-refractivity contribution in [3.63, 3.8) is 0 Å². The lowest BCUT2D eigenvalue weighted by atomic mass is 10.2. The van der Waals surface area contributed by atoms with Crippen molar-refractivity contribution in [2.45, 2.75) is 17.7 Å². The molecule has 0 aromatic heterocycles. The minimum atomic E-state index is -3.66. The van der Waals surface area contributed by atoms with Gasteiger partial charge in [0, 0.05) is 20.3 Å². The maximum absolute atomic E-state index is 11.9. The van der Waals surface area contributed by atoms with Gasteiger partial charge in [-0.2, -0.15) is 0 Å². The molecule has 0 radical (unpaired) electrons. The highest BCUT2D eigenvalue weighted by molar-refractivity contribution is 7.89. The third-order valence-electron chi connectivity index (χ3n) is 2.46. The van der Waals surface area contributed by atoms with Crippen LogP contribution in [0.3, 0.4) is 0 Å². The molecule has 0 aliphatic rings. The summed E-state index contributed by atoms with van der Waals surface area (Å²) in [7, 11) is -2.07. The molecular weight excluding hydrogens is 270 g/mol. The number of ether oxygens (including phenoxy) is 1. The van der Waals surface area contributed by atoms with E-state index in [4.69, 9.17) is 9.84 Å². The van der Waals surface area contributed by atoms with Crippen LogP contribution in [0.5, 0.6) is 0 Å². The Balaban J connectivity index is 2.66. The molecule has 0 bridgehead atoms. The highest BCUT2D eigenvalue weighted by Crippen LogP contribution is 2.11. The largest absolute Gasteiger partial charge is 0.478 e. The Kier molecular flexibility index (Phi) is 5.94. The number of aromatic carboxylic acids is 1. The molecule has 0 spiro atoms. The number of benzene rings is 1. The van der Waals surface area contributed by atoms with E-state index in [1.807, 2.05) is 0 Å². The molecule has 0 fully saturated rings.